The third-order valence-corrected chi connectivity index (χ3v) is 8.29. The van der Waals surface area contributed by atoms with Gasteiger partial charge in [0.2, 0.25) is 0 Å². The molecular weight excluding hydrogens is 551 g/mol. The van der Waals surface area contributed by atoms with E-state index < -0.39 is 22.9 Å². The molecule has 3 amide bonds. The molecule has 10 heteroatoms. The van der Waals surface area contributed by atoms with Crippen LogP contribution in [0, 0.1) is 0 Å². The summed E-state index contributed by atoms with van der Waals surface area (Å²) in [5, 5.41) is -0.492. The Morgan fingerprint density at radius 2 is 1.54 bits per heavy atom. The lowest BCUT2D eigenvalue weighted by Gasteiger charge is -2.38. The van der Waals surface area contributed by atoms with Gasteiger partial charge in [0.25, 0.3) is 17.1 Å². The van der Waals surface area contributed by atoms with Gasteiger partial charge >= 0.3 is 6.18 Å². The molecule has 0 spiro atoms. The largest absolute Gasteiger partial charge is 0.416 e. The summed E-state index contributed by atoms with van der Waals surface area (Å²) >= 11 is 0.776. The SMILES string of the molecule is C[C@H](c1ccccc1)N1CCN(C(=O)c2ccc(/C=C3\SC(=O)N(Cc4ccc(C(F)(F)F)cc4)C3=O)cc2)CC1. The van der Waals surface area contributed by atoms with E-state index in [4.69, 9.17) is 0 Å². The zero-order valence-electron chi connectivity index (χ0n) is 22.3. The van der Waals surface area contributed by atoms with Crippen LogP contribution in [0.4, 0.5) is 18.0 Å². The predicted octanol–water partition coefficient (Wildman–Crippen LogP) is 6.46. The van der Waals surface area contributed by atoms with E-state index in [0.717, 1.165) is 41.9 Å². The number of nitrogens with zero attached hydrogens (tertiary/aromatic N) is 3. The third-order valence-electron chi connectivity index (χ3n) is 7.38. The fourth-order valence-corrected chi connectivity index (χ4v) is 5.77. The monoisotopic (exact) mass is 579 g/mol. The molecule has 2 heterocycles. The third kappa shape index (κ3) is 6.55. The van der Waals surface area contributed by atoms with Crippen molar-refractivity contribution in [2.45, 2.75) is 25.7 Å². The molecule has 0 radical (unpaired) electrons. The quantitative estimate of drug-likeness (QED) is 0.314. The molecule has 0 aromatic heterocycles. The van der Waals surface area contributed by atoms with Gasteiger partial charge in [-0.25, -0.2) is 0 Å². The lowest BCUT2D eigenvalue weighted by Crippen LogP contribution is -2.49. The van der Waals surface area contributed by atoms with Crippen LogP contribution in [-0.4, -0.2) is 57.9 Å². The van der Waals surface area contributed by atoms with Crippen molar-refractivity contribution < 1.29 is 27.6 Å². The maximum Gasteiger partial charge on any atom is 0.416 e. The van der Waals surface area contributed by atoms with E-state index in [1.165, 1.54) is 17.7 Å². The second-order valence-corrected chi connectivity index (χ2v) is 11.0. The van der Waals surface area contributed by atoms with Gasteiger partial charge in [-0.05, 0) is 65.7 Å². The van der Waals surface area contributed by atoms with Crippen LogP contribution in [0.5, 0.6) is 0 Å². The van der Waals surface area contributed by atoms with E-state index in [9.17, 15) is 27.6 Å². The van der Waals surface area contributed by atoms with E-state index >= 15 is 0 Å². The van der Waals surface area contributed by atoms with Crippen molar-refractivity contribution in [2.75, 3.05) is 26.2 Å². The van der Waals surface area contributed by atoms with Crippen molar-refractivity contribution in [2.24, 2.45) is 0 Å². The van der Waals surface area contributed by atoms with Crippen LogP contribution >= 0.6 is 11.8 Å². The van der Waals surface area contributed by atoms with Crippen molar-refractivity contribution in [3.8, 4) is 0 Å². The number of imide groups is 1. The number of hydrogen-bond acceptors (Lipinski definition) is 5. The Kier molecular flexibility index (Phi) is 8.32. The highest BCUT2D eigenvalue weighted by Gasteiger charge is 2.35. The maximum absolute atomic E-state index is 13.1. The highest BCUT2D eigenvalue weighted by Crippen LogP contribution is 2.34. The number of carbonyl (C=O) groups excluding carboxylic acids is 3. The minimum Gasteiger partial charge on any atom is -0.336 e. The number of piperazine rings is 1. The summed E-state index contributed by atoms with van der Waals surface area (Å²) in [7, 11) is 0. The van der Waals surface area contributed by atoms with Crippen LogP contribution in [0.15, 0.2) is 83.8 Å². The molecule has 3 aromatic carbocycles. The van der Waals surface area contributed by atoms with Gasteiger partial charge in [-0.2, -0.15) is 13.2 Å². The van der Waals surface area contributed by atoms with Gasteiger partial charge in [-0.1, -0.05) is 54.6 Å². The topological polar surface area (TPSA) is 60.9 Å². The Labute approximate surface area is 240 Å². The Balaban J connectivity index is 1.18. The summed E-state index contributed by atoms with van der Waals surface area (Å²) in [6.45, 7) is 4.87. The molecule has 6 nitrogen and oxygen atoms in total. The molecule has 2 fully saturated rings. The van der Waals surface area contributed by atoms with Crippen molar-refractivity contribution in [3.05, 3.63) is 112 Å². The Morgan fingerprint density at radius 3 is 2.15 bits per heavy atom. The number of amides is 3. The van der Waals surface area contributed by atoms with Gasteiger partial charge in [0.05, 0.1) is 17.0 Å². The van der Waals surface area contributed by atoms with Crippen molar-refractivity contribution in [1.82, 2.24) is 14.7 Å². The molecule has 212 valence electrons. The average Bonchev–Trinajstić information content (AvgIpc) is 3.24. The van der Waals surface area contributed by atoms with Crippen LogP contribution < -0.4 is 0 Å². The predicted molar refractivity (Wildman–Crippen MR) is 152 cm³/mol. The van der Waals surface area contributed by atoms with Gasteiger partial charge in [-0.15, -0.1) is 0 Å². The van der Waals surface area contributed by atoms with E-state index in [1.807, 2.05) is 23.1 Å². The molecule has 2 saturated heterocycles. The summed E-state index contributed by atoms with van der Waals surface area (Å²) in [4.78, 5) is 43.9. The standard InChI is InChI=1S/C31H28F3N3O3S/c1-21(24-5-3-2-4-6-24)35-15-17-36(18-16-35)28(38)25-11-7-22(8-12-25)19-27-29(39)37(30(40)41-27)20-23-9-13-26(14-10-23)31(32,33)34/h2-14,19,21H,15-18,20H2,1H3/b27-19-/t21-/m1/s1. The molecule has 0 aliphatic carbocycles. The van der Waals surface area contributed by atoms with Crippen LogP contribution in [-0.2, 0) is 17.5 Å². The number of benzene rings is 3. The van der Waals surface area contributed by atoms with Crippen LogP contribution in [0.1, 0.15) is 45.6 Å². The summed E-state index contributed by atoms with van der Waals surface area (Å²) in [6, 6.07) is 21.8. The second kappa shape index (κ2) is 11.9. The molecule has 5 rings (SSSR count). The molecule has 2 aliphatic rings. The number of rotatable bonds is 6. The summed E-state index contributed by atoms with van der Waals surface area (Å²) < 4.78 is 38.4. The number of thioether (sulfide) groups is 1. The Hall–Kier alpha value is -3.89. The molecule has 2 aliphatic heterocycles. The van der Waals surface area contributed by atoms with Crippen LogP contribution in [0.2, 0.25) is 0 Å². The Bertz CT molecular complexity index is 1450. The average molecular weight is 580 g/mol. The zero-order chi connectivity index (χ0) is 29.1. The van der Waals surface area contributed by atoms with Gasteiger partial charge in [-0.3, -0.25) is 24.2 Å². The summed E-state index contributed by atoms with van der Waals surface area (Å²) in [5.74, 6) is -0.567. The maximum atomic E-state index is 13.1. The second-order valence-electron chi connectivity index (χ2n) is 10.00. The molecule has 0 unspecified atom stereocenters. The number of hydrogen-bond donors (Lipinski definition) is 0. The van der Waals surface area contributed by atoms with E-state index in [0.29, 0.717) is 29.8 Å². The molecule has 41 heavy (non-hydrogen) atoms. The highest BCUT2D eigenvalue weighted by atomic mass is 32.2. The zero-order valence-corrected chi connectivity index (χ0v) is 23.1. The van der Waals surface area contributed by atoms with Crippen molar-refractivity contribution in [1.29, 1.82) is 0 Å². The van der Waals surface area contributed by atoms with Crippen molar-refractivity contribution in [3.63, 3.8) is 0 Å². The minimum absolute atomic E-state index is 0.0552. The fourth-order valence-electron chi connectivity index (χ4n) is 4.93. The lowest BCUT2D eigenvalue weighted by molar-refractivity contribution is -0.137. The van der Waals surface area contributed by atoms with Crippen LogP contribution in [0.3, 0.4) is 0 Å². The molecule has 3 aromatic rings. The summed E-state index contributed by atoms with van der Waals surface area (Å²) in [5.41, 5.74) is 2.07. The van der Waals surface area contributed by atoms with Crippen molar-refractivity contribution >= 4 is 34.9 Å². The van der Waals surface area contributed by atoms with E-state index in [1.54, 1.807) is 30.3 Å². The molecular formula is C31H28F3N3O3S. The smallest absolute Gasteiger partial charge is 0.336 e. The van der Waals surface area contributed by atoms with Gasteiger partial charge in [0.1, 0.15) is 0 Å². The van der Waals surface area contributed by atoms with Gasteiger partial charge < -0.3 is 4.90 Å². The summed E-state index contributed by atoms with van der Waals surface area (Å²) in [6.07, 6.45) is -2.88. The first kappa shape index (κ1) is 28.6. The fraction of sp³-hybridized carbons (Fsp3) is 0.258. The first-order chi connectivity index (χ1) is 19.6. The molecule has 0 bridgehead atoms. The Morgan fingerprint density at radius 1 is 0.902 bits per heavy atom. The molecule has 0 N–H and O–H groups in total. The van der Waals surface area contributed by atoms with E-state index in [-0.39, 0.29) is 23.4 Å². The molecule has 1 atom stereocenters. The lowest BCUT2D eigenvalue weighted by atomic mass is 10.1. The van der Waals surface area contributed by atoms with Gasteiger partial charge in [0.15, 0.2) is 0 Å². The van der Waals surface area contributed by atoms with Gasteiger partial charge in [0, 0.05) is 37.8 Å². The number of halogens is 3. The number of carbonyl (C=O) groups is 3. The first-order valence-electron chi connectivity index (χ1n) is 13.2. The first-order valence-corrected chi connectivity index (χ1v) is 14.0. The minimum atomic E-state index is -4.46. The number of alkyl halides is 3. The van der Waals surface area contributed by atoms with E-state index in [2.05, 4.69) is 24.0 Å². The molecule has 0 saturated carbocycles. The normalized spacial score (nSPS) is 18.3. The van der Waals surface area contributed by atoms with Crippen LogP contribution in [0.25, 0.3) is 6.08 Å². The highest BCUT2D eigenvalue weighted by molar-refractivity contribution is 8.18.